The smallest absolute Gasteiger partial charge is 0.264 e. The maximum atomic E-state index is 12.2. The lowest BCUT2D eigenvalue weighted by Crippen LogP contribution is -2.19. The molecule has 0 bridgehead atoms. The van der Waals surface area contributed by atoms with Crippen LogP contribution in [-0.2, 0) is 4.79 Å². The van der Waals surface area contributed by atoms with Crippen LogP contribution in [0.25, 0.3) is 6.08 Å². The van der Waals surface area contributed by atoms with Crippen molar-refractivity contribution in [1.82, 2.24) is 5.32 Å². The Balaban J connectivity index is 1.60. The number of amidine groups is 1. The SMILES string of the molecule is Cc1cccc(N=C2NC(=O)C(=Cc3ccc4c(c3)OCO4)S2)c1C. The molecule has 0 aromatic heterocycles. The van der Waals surface area contributed by atoms with Crippen molar-refractivity contribution < 1.29 is 14.3 Å². The predicted octanol–water partition coefficient (Wildman–Crippen LogP) is 3.92. The Kier molecular flexibility index (Phi) is 3.97. The fourth-order valence-electron chi connectivity index (χ4n) is 2.60. The number of carbonyl (C=O) groups is 1. The number of fused-ring (bicyclic) bond motifs is 1. The zero-order valence-corrected chi connectivity index (χ0v) is 14.6. The highest BCUT2D eigenvalue weighted by molar-refractivity contribution is 8.18. The van der Waals surface area contributed by atoms with E-state index in [1.807, 2.05) is 56.3 Å². The lowest BCUT2D eigenvalue weighted by Gasteiger charge is -2.04. The van der Waals surface area contributed by atoms with Crippen LogP contribution in [0.1, 0.15) is 16.7 Å². The Morgan fingerprint density at radius 2 is 2.00 bits per heavy atom. The average Bonchev–Trinajstić information content (AvgIpc) is 3.18. The highest BCUT2D eigenvalue weighted by atomic mass is 32.2. The number of nitrogens with one attached hydrogen (secondary N) is 1. The van der Waals surface area contributed by atoms with Crippen LogP contribution >= 0.6 is 11.8 Å². The summed E-state index contributed by atoms with van der Waals surface area (Å²) in [4.78, 5) is 17.4. The van der Waals surface area contributed by atoms with Crippen molar-refractivity contribution in [3.63, 3.8) is 0 Å². The number of aliphatic imine (C=N–C) groups is 1. The van der Waals surface area contributed by atoms with Crippen molar-refractivity contribution in [1.29, 1.82) is 0 Å². The van der Waals surface area contributed by atoms with Gasteiger partial charge in [0.1, 0.15) is 0 Å². The number of nitrogens with zero attached hydrogens (tertiary/aromatic N) is 1. The van der Waals surface area contributed by atoms with Crippen LogP contribution in [0.3, 0.4) is 0 Å². The van der Waals surface area contributed by atoms with Gasteiger partial charge in [0, 0.05) is 0 Å². The maximum absolute atomic E-state index is 12.2. The number of amides is 1. The van der Waals surface area contributed by atoms with E-state index in [9.17, 15) is 4.79 Å². The number of thioether (sulfide) groups is 1. The average molecular weight is 352 g/mol. The minimum atomic E-state index is -0.147. The summed E-state index contributed by atoms with van der Waals surface area (Å²) in [6.07, 6.45) is 1.83. The van der Waals surface area contributed by atoms with Gasteiger partial charge in [-0.3, -0.25) is 4.79 Å². The molecule has 1 saturated heterocycles. The van der Waals surface area contributed by atoms with E-state index in [0.717, 1.165) is 22.6 Å². The van der Waals surface area contributed by atoms with Crippen molar-refractivity contribution in [2.24, 2.45) is 4.99 Å². The summed E-state index contributed by atoms with van der Waals surface area (Å²) in [7, 11) is 0. The van der Waals surface area contributed by atoms with Crippen molar-refractivity contribution in [3.8, 4) is 11.5 Å². The number of carbonyl (C=O) groups excluding carboxylic acids is 1. The molecule has 2 aromatic rings. The number of aryl methyl sites for hydroxylation is 1. The van der Waals surface area contributed by atoms with Crippen LogP contribution in [0, 0.1) is 13.8 Å². The molecule has 2 aromatic carbocycles. The van der Waals surface area contributed by atoms with E-state index in [4.69, 9.17) is 9.47 Å². The molecule has 2 aliphatic rings. The lowest BCUT2D eigenvalue weighted by molar-refractivity contribution is -0.115. The monoisotopic (exact) mass is 352 g/mol. The van der Waals surface area contributed by atoms with Gasteiger partial charge in [-0.1, -0.05) is 18.2 Å². The molecule has 0 atom stereocenters. The molecule has 25 heavy (non-hydrogen) atoms. The largest absolute Gasteiger partial charge is 0.454 e. The molecule has 2 aliphatic heterocycles. The molecule has 4 rings (SSSR count). The van der Waals surface area contributed by atoms with E-state index in [-0.39, 0.29) is 12.7 Å². The van der Waals surface area contributed by atoms with Gasteiger partial charge in [-0.15, -0.1) is 0 Å². The molecular formula is C19H16N2O3S. The Labute approximate surface area is 149 Å². The van der Waals surface area contributed by atoms with E-state index < -0.39 is 0 Å². The molecule has 0 saturated carbocycles. The summed E-state index contributed by atoms with van der Waals surface area (Å²) in [6, 6.07) is 11.6. The first-order valence-electron chi connectivity index (χ1n) is 7.85. The highest BCUT2D eigenvalue weighted by Crippen LogP contribution is 2.35. The van der Waals surface area contributed by atoms with E-state index in [0.29, 0.717) is 15.8 Å². The molecule has 1 fully saturated rings. The summed E-state index contributed by atoms with van der Waals surface area (Å²) >= 11 is 1.33. The second-order valence-electron chi connectivity index (χ2n) is 5.81. The van der Waals surface area contributed by atoms with Crippen LogP contribution < -0.4 is 14.8 Å². The third-order valence-electron chi connectivity index (χ3n) is 4.14. The topological polar surface area (TPSA) is 59.9 Å². The third kappa shape index (κ3) is 3.13. The van der Waals surface area contributed by atoms with Gasteiger partial charge in [0.15, 0.2) is 16.7 Å². The number of benzene rings is 2. The Hall–Kier alpha value is -2.73. The zero-order chi connectivity index (χ0) is 17.4. The molecule has 1 N–H and O–H groups in total. The molecule has 0 aliphatic carbocycles. The summed E-state index contributed by atoms with van der Waals surface area (Å²) in [6.45, 7) is 4.31. The predicted molar refractivity (Wildman–Crippen MR) is 99.3 cm³/mol. The minimum absolute atomic E-state index is 0.147. The Morgan fingerprint density at radius 3 is 2.88 bits per heavy atom. The van der Waals surface area contributed by atoms with E-state index in [1.165, 1.54) is 17.3 Å². The van der Waals surface area contributed by atoms with Crippen LogP contribution in [-0.4, -0.2) is 17.9 Å². The quantitative estimate of drug-likeness (QED) is 0.832. The van der Waals surface area contributed by atoms with Crippen LogP contribution in [0.15, 0.2) is 46.3 Å². The van der Waals surface area contributed by atoms with Gasteiger partial charge in [0.05, 0.1) is 10.6 Å². The fourth-order valence-corrected chi connectivity index (χ4v) is 3.44. The third-order valence-corrected chi connectivity index (χ3v) is 5.05. The van der Waals surface area contributed by atoms with Crippen molar-refractivity contribution in [2.75, 3.05) is 6.79 Å². The van der Waals surface area contributed by atoms with E-state index in [1.54, 1.807) is 0 Å². The van der Waals surface area contributed by atoms with Gasteiger partial charge in [0.25, 0.3) is 5.91 Å². The second-order valence-corrected chi connectivity index (χ2v) is 6.84. The number of ether oxygens (including phenoxy) is 2. The van der Waals surface area contributed by atoms with Crippen LogP contribution in [0.5, 0.6) is 11.5 Å². The van der Waals surface area contributed by atoms with Gasteiger partial charge in [-0.05, 0) is 66.6 Å². The van der Waals surface area contributed by atoms with E-state index in [2.05, 4.69) is 10.3 Å². The fraction of sp³-hybridized carbons (Fsp3) is 0.158. The molecule has 5 nitrogen and oxygen atoms in total. The molecule has 0 radical (unpaired) electrons. The van der Waals surface area contributed by atoms with Gasteiger partial charge >= 0.3 is 0 Å². The lowest BCUT2D eigenvalue weighted by atomic mass is 10.1. The molecule has 2 heterocycles. The second kappa shape index (κ2) is 6.29. The Bertz CT molecular complexity index is 934. The van der Waals surface area contributed by atoms with Crippen molar-refractivity contribution >= 4 is 34.6 Å². The first-order valence-corrected chi connectivity index (χ1v) is 8.67. The number of hydrogen-bond donors (Lipinski definition) is 1. The summed E-state index contributed by atoms with van der Waals surface area (Å²) in [5.74, 6) is 1.27. The van der Waals surface area contributed by atoms with Gasteiger partial charge < -0.3 is 14.8 Å². The van der Waals surface area contributed by atoms with Gasteiger partial charge in [-0.2, -0.15) is 0 Å². The molecule has 0 spiro atoms. The summed E-state index contributed by atoms with van der Waals surface area (Å²) in [5.41, 5.74) is 4.03. The van der Waals surface area contributed by atoms with Gasteiger partial charge in [0.2, 0.25) is 6.79 Å². The molecule has 1 amide bonds. The zero-order valence-electron chi connectivity index (χ0n) is 13.8. The van der Waals surface area contributed by atoms with Crippen LogP contribution in [0.4, 0.5) is 5.69 Å². The number of rotatable bonds is 2. The summed E-state index contributed by atoms with van der Waals surface area (Å²) < 4.78 is 10.7. The standard InChI is InChI=1S/C19H16N2O3S/c1-11-4-3-5-14(12(11)2)20-19-21-18(22)17(25-19)9-13-6-7-15-16(8-13)24-10-23-15/h3-9H,10H2,1-2H3,(H,20,21,22). The normalized spacial score (nSPS) is 18.9. The van der Waals surface area contributed by atoms with E-state index >= 15 is 0 Å². The van der Waals surface area contributed by atoms with Crippen molar-refractivity contribution in [2.45, 2.75) is 13.8 Å². The Morgan fingerprint density at radius 1 is 1.16 bits per heavy atom. The van der Waals surface area contributed by atoms with Crippen LogP contribution in [0.2, 0.25) is 0 Å². The maximum Gasteiger partial charge on any atom is 0.264 e. The molecule has 6 heteroatoms. The summed E-state index contributed by atoms with van der Waals surface area (Å²) in [5, 5.41) is 3.41. The molecule has 126 valence electrons. The highest BCUT2D eigenvalue weighted by Gasteiger charge is 2.24. The first-order chi connectivity index (χ1) is 12.1. The number of hydrogen-bond acceptors (Lipinski definition) is 5. The molecular weight excluding hydrogens is 336 g/mol. The first kappa shape index (κ1) is 15.8. The van der Waals surface area contributed by atoms with Crippen molar-refractivity contribution in [3.05, 3.63) is 58.0 Å². The molecule has 0 unspecified atom stereocenters. The van der Waals surface area contributed by atoms with Gasteiger partial charge in [-0.25, -0.2) is 4.99 Å². The minimum Gasteiger partial charge on any atom is -0.454 e.